The molecule has 0 amide bonds. The number of hydrogen-bond donors (Lipinski definition) is 0. The Kier molecular flexibility index (Phi) is 2.69. The van der Waals surface area contributed by atoms with Gasteiger partial charge in [0.15, 0.2) is 0 Å². The zero-order valence-electron chi connectivity index (χ0n) is 8.26. The SMILES string of the molecule is CCCN1CC2CCC(CC2)C1. The Labute approximate surface area is 76.1 Å². The number of hydrogen-bond acceptors (Lipinski definition) is 1. The molecule has 0 radical (unpaired) electrons. The van der Waals surface area contributed by atoms with Crippen molar-refractivity contribution in [1.82, 2.24) is 4.90 Å². The fraction of sp³-hybridized carbons (Fsp3) is 1.00. The summed E-state index contributed by atoms with van der Waals surface area (Å²) in [6.07, 6.45) is 7.41. The lowest BCUT2D eigenvalue weighted by Gasteiger charge is -2.21. The fourth-order valence-electron chi connectivity index (χ4n) is 2.90. The number of nitrogens with zero attached hydrogens (tertiary/aromatic N) is 1. The highest BCUT2D eigenvalue weighted by atomic mass is 15.1. The molecule has 0 spiro atoms. The van der Waals surface area contributed by atoms with Crippen molar-refractivity contribution in [3.05, 3.63) is 0 Å². The fourth-order valence-corrected chi connectivity index (χ4v) is 2.90. The first-order chi connectivity index (χ1) is 5.88. The minimum atomic E-state index is 1.05. The van der Waals surface area contributed by atoms with Gasteiger partial charge >= 0.3 is 0 Å². The molecule has 2 saturated heterocycles. The average molecular weight is 167 g/mol. The molecule has 3 fully saturated rings. The van der Waals surface area contributed by atoms with Crippen LogP contribution >= 0.6 is 0 Å². The molecule has 0 aromatic carbocycles. The van der Waals surface area contributed by atoms with E-state index in [4.69, 9.17) is 0 Å². The van der Waals surface area contributed by atoms with E-state index < -0.39 is 0 Å². The minimum absolute atomic E-state index is 1.05. The van der Waals surface area contributed by atoms with E-state index in [0.717, 1.165) is 11.8 Å². The van der Waals surface area contributed by atoms with Crippen molar-refractivity contribution < 1.29 is 0 Å². The first kappa shape index (κ1) is 8.55. The predicted molar refractivity (Wildman–Crippen MR) is 52.2 cm³/mol. The van der Waals surface area contributed by atoms with Crippen molar-refractivity contribution in [1.29, 1.82) is 0 Å². The van der Waals surface area contributed by atoms with Crippen LogP contribution in [0, 0.1) is 11.8 Å². The van der Waals surface area contributed by atoms with Gasteiger partial charge in [0.2, 0.25) is 0 Å². The summed E-state index contributed by atoms with van der Waals surface area (Å²) in [5.41, 5.74) is 0. The molecular weight excluding hydrogens is 146 g/mol. The molecule has 0 N–H and O–H groups in total. The van der Waals surface area contributed by atoms with E-state index in [1.165, 1.54) is 51.7 Å². The van der Waals surface area contributed by atoms with Crippen LogP contribution in [-0.2, 0) is 0 Å². The lowest BCUT2D eigenvalue weighted by Crippen LogP contribution is -2.28. The Morgan fingerprint density at radius 2 is 1.50 bits per heavy atom. The van der Waals surface area contributed by atoms with Crippen LogP contribution in [0.4, 0.5) is 0 Å². The maximum Gasteiger partial charge on any atom is 0.000977 e. The third-order valence-electron chi connectivity index (χ3n) is 3.54. The van der Waals surface area contributed by atoms with Crippen LogP contribution in [0.2, 0.25) is 0 Å². The van der Waals surface area contributed by atoms with Crippen LogP contribution in [-0.4, -0.2) is 24.5 Å². The standard InChI is InChI=1S/C11H21N/c1-2-7-12-8-10-3-4-11(9-12)6-5-10/h10-11H,2-9H2,1H3. The van der Waals surface area contributed by atoms with Gasteiger partial charge in [0.25, 0.3) is 0 Å². The maximum atomic E-state index is 2.70. The first-order valence-corrected chi connectivity index (χ1v) is 5.61. The van der Waals surface area contributed by atoms with Gasteiger partial charge < -0.3 is 4.90 Å². The third-order valence-corrected chi connectivity index (χ3v) is 3.54. The van der Waals surface area contributed by atoms with Crippen LogP contribution < -0.4 is 0 Å². The lowest BCUT2D eigenvalue weighted by molar-refractivity contribution is 0.253. The van der Waals surface area contributed by atoms with E-state index in [9.17, 15) is 0 Å². The van der Waals surface area contributed by atoms with E-state index in [1.807, 2.05) is 0 Å². The monoisotopic (exact) mass is 167 g/mol. The van der Waals surface area contributed by atoms with Crippen molar-refractivity contribution in [2.75, 3.05) is 19.6 Å². The van der Waals surface area contributed by atoms with E-state index in [1.54, 1.807) is 0 Å². The van der Waals surface area contributed by atoms with Crippen molar-refractivity contribution in [2.24, 2.45) is 11.8 Å². The van der Waals surface area contributed by atoms with E-state index in [2.05, 4.69) is 11.8 Å². The van der Waals surface area contributed by atoms with Gasteiger partial charge in [0.1, 0.15) is 0 Å². The number of rotatable bonds is 2. The molecule has 0 unspecified atom stereocenters. The van der Waals surface area contributed by atoms with Gasteiger partial charge in [0.05, 0.1) is 0 Å². The molecule has 70 valence electrons. The molecule has 12 heavy (non-hydrogen) atoms. The average Bonchev–Trinajstić information content (AvgIpc) is 2.36. The van der Waals surface area contributed by atoms with Gasteiger partial charge in [0, 0.05) is 13.1 Å². The van der Waals surface area contributed by atoms with Gasteiger partial charge in [-0.2, -0.15) is 0 Å². The molecule has 3 rings (SSSR count). The zero-order valence-corrected chi connectivity index (χ0v) is 8.26. The molecule has 1 nitrogen and oxygen atoms in total. The summed E-state index contributed by atoms with van der Waals surface area (Å²) in [6.45, 7) is 6.45. The first-order valence-electron chi connectivity index (χ1n) is 5.61. The maximum absolute atomic E-state index is 2.70. The molecule has 0 atom stereocenters. The third kappa shape index (κ3) is 1.82. The summed E-state index contributed by atoms with van der Waals surface area (Å²) in [5, 5.41) is 0. The van der Waals surface area contributed by atoms with Gasteiger partial charge in [-0.1, -0.05) is 6.92 Å². The van der Waals surface area contributed by atoms with Gasteiger partial charge in [-0.05, 0) is 50.5 Å². The van der Waals surface area contributed by atoms with E-state index in [-0.39, 0.29) is 0 Å². The topological polar surface area (TPSA) is 3.24 Å². The van der Waals surface area contributed by atoms with E-state index in [0.29, 0.717) is 0 Å². The van der Waals surface area contributed by atoms with Crippen LogP contribution in [0.25, 0.3) is 0 Å². The highest BCUT2D eigenvalue weighted by molar-refractivity contribution is 4.81. The second-order valence-electron chi connectivity index (χ2n) is 4.65. The molecule has 3 aliphatic rings. The smallest absolute Gasteiger partial charge is 0.000977 e. The van der Waals surface area contributed by atoms with Crippen molar-refractivity contribution in [3.8, 4) is 0 Å². The highest BCUT2D eigenvalue weighted by Crippen LogP contribution is 2.33. The largest absolute Gasteiger partial charge is 0.303 e. The molecule has 1 saturated carbocycles. The Morgan fingerprint density at radius 3 is 1.92 bits per heavy atom. The van der Waals surface area contributed by atoms with Crippen LogP contribution in [0.5, 0.6) is 0 Å². The molecule has 2 aliphatic heterocycles. The predicted octanol–water partition coefficient (Wildman–Crippen LogP) is 2.52. The number of fused-ring (bicyclic) bond motifs is 4. The lowest BCUT2D eigenvalue weighted by atomic mass is 9.84. The summed E-state index contributed by atoms with van der Waals surface area (Å²) in [5.74, 6) is 2.10. The highest BCUT2D eigenvalue weighted by Gasteiger charge is 2.28. The van der Waals surface area contributed by atoms with Gasteiger partial charge in [-0.25, -0.2) is 0 Å². The Morgan fingerprint density at radius 1 is 1.00 bits per heavy atom. The van der Waals surface area contributed by atoms with Crippen LogP contribution in [0.1, 0.15) is 39.0 Å². The molecular formula is C11H21N. The molecule has 1 aliphatic carbocycles. The molecule has 1 heteroatoms. The van der Waals surface area contributed by atoms with Gasteiger partial charge in [-0.15, -0.1) is 0 Å². The second-order valence-corrected chi connectivity index (χ2v) is 4.65. The second kappa shape index (κ2) is 3.78. The Bertz CT molecular complexity index is 122. The molecule has 0 aromatic heterocycles. The Hall–Kier alpha value is -0.0400. The molecule has 2 heterocycles. The van der Waals surface area contributed by atoms with Crippen molar-refractivity contribution in [3.63, 3.8) is 0 Å². The summed E-state index contributed by atoms with van der Waals surface area (Å²) < 4.78 is 0. The van der Waals surface area contributed by atoms with Crippen LogP contribution in [0.15, 0.2) is 0 Å². The summed E-state index contributed by atoms with van der Waals surface area (Å²) in [7, 11) is 0. The summed E-state index contributed by atoms with van der Waals surface area (Å²) >= 11 is 0. The van der Waals surface area contributed by atoms with E-state index >= 15 is 0 Å². The summed E-state index contributed by atoms with van der Waals surface area (Å²) in [6, 6.07) is 0. The molecule has 0 aromatic rings. The van der Waals surface area contributed by atoms with Crippen molar-refractivity contribution in [2.45, 2.75) is 39.0 Å². The Balaban J connectivity index is 1.93. The molecule has 2 bridgehead atoms. The van der Waals surface area contributed by atoms with Crippen molar-refractivity contribution >= 4 is 0 Å². The minimum Gasteiger partial charge on any atom is -0.303 e. The summed E-state index contributed by atoms with van der Waals surface area (Å²) in [4.78, 5) is 2.70. The zero-order chi connectivity index (χ0) is 8.39. The quantitative estimate of drug-likeness (QED) is 0.611. The normalized spacial score (nSPS) is 36.8. The van der Waals surface area contributed by atoms with Gasteiger partial charge in [-0.3, -0.25) is 0 Å². The van der Waals surface area contributed by atoms with Crippen LogP contribution in [0.3, 0.4) is 0 Å².